The number of amides is 1. The maximum absolute atomic E-state index is 11.0. The molecule has 1 fully saturated rings. The van der Waals surface area contributed by atoms with E-state index in [1.165, 1.54) is 18.5 Å². The monoisotopic (exact) mass is 254 g/mol. The molecule has 0 spiro atoms. The Labute approximate surface area is 103 Å². The molecule has 1 aliphatic rings. The highest BCUT2D eigenvalue weighted by Gasteiger charge is 2.43. The van der Waals surface area contributed by atoms with Crippen LogP contribution in [0.1, 0.15) is 22.0 Å². The van der Waals surface area contributed by atoms with Crippen molar-refractivity contribution in [2.24, 2.45) is 5.73 Å². The van der Waals surface area contributed by atoms with Crippen LogP contribution in [-0.4, -0.2) is 51.1 Å². The van der Waals surface area contributed by atoms with Crippen LogP contribution in [-0.2, 0) is 4.74 Å². The lowest BCUT2D eigenvalue weighted by molar-refractivity contribution is -0.0228. The minimum absolute atomic E-state index is 0.185. The van der Waals surface area contributed by atoms with E-state index in [1.54, 1.807) is 0 Å². The van der Waals surface area contributed by atoms with Crippen molar-refractivity contribution in [3.05, 3.63) is 29.6 Å². The first-order valence-corrected chi connectivity index (χ1v) is 5.41. The molecule has 1 amide bonds. The third kappa shape index (κ3) is 2.21. The van der Waals surface area contributed by atoms with Gasteiger partial charge in [-0.05, 0) is 6.07 Å². The number of hydrogen-bond donors (Lipinski definition) is 4. The van der Waals surface area contributed by atoms with E-state index in [9.17, 15) is 15.0 Å². The van der Waals surface area contributed by atoms with E-state index in [0.717, 1.165) is 0 Å². The largest absolute Gasteiger partial charge is 0.394 e. The second-order valence-electron chi connectivity index (χ2n) is 4.13. The third-order valence-corrected chi connectivity index (χ3v) is 2.91. The van der Waals surface area contributed by atoms with Gasteiger partial charge in [0.2, 0.25) is 5.91 Å². The van der Waals surface area contributed by atoms with Crippen LogP contribution in [0.2, 0.25) is 0 Å². The molecule has 4 atom stereocenters. The summed E-state index contributed by atoms with van der Waals surface area (Å²) < 4.78 is 5.31. The lowest BCUT2D eigenvalue weighted by Gasteiger charge is -2.14. The molecule has 0 radical (unpaired) electrons. The molecule has 0 aliphatic carbocycles. The molecule has 0 aromatic carbocycles. The highest BCUT2D eigenvalue weighted by atomic mass is 16.6. The minimum atomic E-state index is -1.19. The van der Waals surface area contributed by atoms with Crippen molar-refractivity contribution in [2.45, 2.75) is 24.4 Å². The van der Waals surface area contributed by atoms with Crippen molar-refractivity contribution in [1.82, 2.24) is 4.98 Å². The number of aromatic nitrogens is 1. The quantitative estimate of drug-likeness (QED) is 0.511. The van der Waals surface area contributed by atoms with Gasteiger partial charge in [0, 0.05) is 18.0 Å². The first-order valence-electron chi connectivity index (χ1n) is 5.41. The molecule has 18 heavy (non-hydrogen) atoms. The van der Waals surface area contributed by atoms with Crippen molar-refractivity contribution in [3.63, 3.8) is 0 Å². The maximum Gasteiger partial charge on any atom is 0.250 e. The van der Waals surface area contributed by atoms with Gasteiger partial charge >= 0.3 is 0 Å². The molecule has 7 heteroatoms. The molecular formula is C11H14N2O5. The fourth-order valence-corrected chi connectivity index (χ4v) is 1.92. The van der Waals surface area contributed by atoms with Crippen molar-refractivity contribution in [3.8, 4) is 0 Å². The zero-order valence-electron chi connectivity index (χ0n) is 9.43. The van der Waals surface area contributed by atoms with Crippen LogP contribution in [0.5, 0.6) is 0 Å². The van der Waals surface area contributed by atoms with Crippen LogP contribution in [0.15, 0.2) is 18.5 Å². The number of nitrogens with two attached hydrogens (primary N) is 1. The Morgan fingerprint density at radius 3 is 2.67 bits per heavy atom. The number of aliphatic hydroxyl groups excluding tert-OH is 3. The summed E-state index contributed by atoms with van der Waals surface area (Å²) in [6.07, 6.45) is -1.37. The molecule has 0 unspecified atom stereocenters. The number of ether oxygens (including phenoxy) is 1. The summed E-state index contributed by atoms with van der Waals surface area (Å²) in [5.41, 5.74) is 5.74. The molecule has 1 saturated heterocycles. The van der Waals surface area contributed by atoms with Gasteiger partial charge in [-0.2, -0.15) is 0 Å². The molecule has 0 saturated carbocycles. The van der Waals surface area contributed by atoms with Crippen molar-refractivity contribution in [1.29, 1.82) is 0 Å². The molecular weight excluding hydrogens is 240 g/mol. The van der Waals surface area contributed by atoms with E-state index in [2.05, 4.69) is 4.98 Å². The molecule has 1 aliphatic heterocycles. The van der Waals surface area contributed by atoms with Crippen molar-refractivity contribution >= 4 is 5.91 Å². The van der Waals surface area contributed by atoms with Gasteiger partial charge in [0.1, 0.15) is 24.4 Å². The summed E-state index contributed by atoms with van der Waals surface area (Å²) in [6.45, 7) is -0.405. The number of carbonyl (C=O) groups excluding carboxylic acids is 1. The van der Waals surface area contributed by atoms with Gasteiger partial charge in [-0.25, -0.2) is 0 Å². The summed E-state index contributed by atoms with van der Waals surface area (Å²) in [5, 5.41) is 28.4. The molecule has 98 valence electrons. The first-order chi connectivity index (χ1) is 8.54. The van der Waals surface area contributed by atoms with Gasteiger partial charge in [0.15, 0.2) is 0 Å². The minimum Gasteiger partial charge on any atom is -0.394 e. The van der Waals surface area contributed by atoms with Crippen LogP contribution < -0.4 is 5.73 Å². The van der Waals surface area contributed by atoms with Gasteiger partial charge in [0.25, 0.3) is 0 Å². The maximum atomic E-state index is 11.0. The summed E-state index contributed by atoms with van der Waals surface area (Å²) >= 11 is 0. The molecule has 2 rings (SSSR count). The second kappa shape index (κ2) is 4.99. The van der Waals surface area contributed by atoms with Crippen LogP contribution >= 0.6 is 0 Å². The van der Waals surface area contributed by atoms with E-state index >= 15 is 0 Å². The Morgan fingerprint density at radius 2 is 2.11 bits per heavy atom. The lowest BCUT2D eigenvalue weighted by Crippen LogP contribution is -2.32. The van der Waals surface area contributed by atoms with E-state index in [4.69, 9.17) is 15.6 Å². The molecule has 1 aromatic rings. The molecule has 5 N–H and O–H groups in total. The van der Waals surface area contributed by atoms with Gasteiger partial charge in [-0.1, -0.05) is 0 Å². The average Bonchev–Trinajstić information content (AvgIpc) is 2.66. The Balaban J connectivity index is 2.27. The molecule has 1 aromatic heterocycles. The number of aliphatic hydroxyl groups is 3. The Kier molecular flexibility index (Phi) is 3.58. The zero-order valence-corrected chi connectivity index (χ0v) is 9.43. The average molecular weight is 254 g/mol. The number of hydrogen-bond acceptors (Lipinski definition) is 6. The molecule has 0 bridgehead atoms. The Bertz CT molecular complexity index is 453. The number of carbonyl (C=O) groups is 1. The molecule has 2 heterocycles. The smallest absolute Gasteiger partial charge is 0.250 e. The molecule has 7 nitrogen and oxygen atoms in total. The summed E-state index contributed by atoms with van der Waals surface area (Å²) in [4.78, 5) is 14.8. The fraction of sp³-hybridized carbons (Fsp3) is 0.455. The van der Waals surface area contributed by atoms with Crippen LogP contribution in [0, 0.1) is 0 Å². The highest BCUT2D eigenvalue weighted by molar-refractivity contribution is 5.92. The van der Waals surface area contributed by atoms with Crippen molar-refractivity contribution < 1.29 is 24.9 Å². The van der Waals surface area contributed by atoms with Crippen molar-refractivity contribution in [2.75, 3.05) is 6.61 Å². The van der Waals surface area contributed by atoms with E-state index in [-0.39, 0.29) is 5.56 Å². The van der Waals surface area contributed by atoms with Gasteiger partial charge in [-0.3, -0.25) is 9.78 Å². The Hall–Kier alpha value is -1.54. The third-order valence-electron chi connectivity index (χ3n) is 2.91. The number of pyridine rings is 1. The fourth-order valence-electron chi connectivity index (χ4n) is 1.92. The van der Waals surface area contributed by atoms with Crippen LogP contribution in [0.3, 0.4) is 0 Å². The lowest BCUT2D eigenvalue weighted by atomic mass is 10.0. The second-order valence-corrected chi connectivity index (χ2v) is 4.13. The van der Waals surface area contributed by atoms with Crippen LogP contribution in [0.25, 0.3) is 0 Å². The predicted octanol–water partition coefficient (Wildman–Crippen LogP) is -1.67. The van der Waals surface area contributed by atoms with Gasteiger partial charge in [-0.15, -0.1) is 0 Å². The van der Waals surface area contributed by atoms with Gasteiger partial charge in [0.05, 0.1) is 12.2 Å². The summed E-state index contributed by atoms with van der Waals surface area (Å²) in [5.74, 6) is -0.643. The summed E-state index contributed by atoms with van der Waals surface area (Å²) in [7, 11) is 0. The highest BCUT2D eigenvalue weighted by Crippen LogP contribution is 2.33. The van der Waals surface area contributed by atoms with E-state index in [0.29, 0.717) is 5.56 Å². The van der Waals surface area contributed by atoms with Gasteiger partial charge < -0.3 is 25.8 Å². The van der Waals surface area contributed by atoms with E-state index < -0.39 is 36.9 Å². The number of primary amides is 1. The normalized spacial score (nSPS) is 31.5. The topological polar surface area (TPSA) is 126 Å². The van der Waals surface area contributed by atoms with Crippen LogP contribution in [0.4, 0.5) is 0 Å². The summed E-state index contributed by atoms with van der Waals surface area (Å²) in [6, 6.07) is 1.44. The number of rotatable bonds is 3. The first kappa shape index (κ1) is 12.9. The predicted molar refractivity (Wildman–Crippen MR) is 59.5 cm³/mol. The van der Waals surface area contributed by atoms with E-state index in [1.807, 2.05) is 0 Å². The number of nitrogens with zero attached hydrogens (tertiary/aromatic N) is 1. The SMILES string of the molecule is NC(=O)c1cncc([C@H]2O[C@H](CO)[C@@H](O)[C@H]2O)c1. The Morgan fingerprint density at radius 1 is 1.39 bits per heavy atom. The zero-order chi connectivity index (χ0) is 13.3. The standard InChI is InChI=1S/C11H14N2O5/c12-11(17)6-1-5(2-13-3-6)10-9(16)8(15)7(4-14)18-10/h1-3,7-10,14-16H,4H2,(H2,12,17)/t7-,8-,9-,10-/m1/s1.